The van der Waals surface area contributed by atoms with Crippen LogP contribution in [0.2, 0.25) is 0 Å². The zero-order valence-electron chi connectivity index (χ0n) is 7.97. The lowest BCUT2D eigenvalue weighted by molar-refractivity contribution is -0.135. The van der Waals surface area contributed by atoms with Gasteiger partial charge in [-0.2, -0.15) is 0 Å². The number of hydrogen-bond donors (Lipinski definition) is 3. The zero-order valence-corrected chi connectivity index (χ0v) is 7.97. The third-order valence-corrected chi connectivity index (χ3v) is 1.73. The van der Waals surface area contributed by atoms with Crippen molar-refractivity contribution < 1.29 is 24.9 Å². The van der Waals surface area contributed by atoms with E-state index in [9.17, 15) is 9.90 Å². The van der Waals surface area contributed by atoms with E-state index >= 15 is 0 Å². The van der Waals surface area contributed by atoms with Crippen LogP contribution in [0.15, 0.2) is 24.0 Å². The summed E-state index contributed by atoms with van der Waals surface area (Å²) < 4.78 is 4.82. The van der Waals surface area contributed by atoms with Crippen molar-refractivity contribution in [1.29, 1.82) is 0 Å². The molecule has 1 aromatic carbocycles. The molecule has 5 heteroatoms. The molecule has 0 radical (unpaired) electrons. The summed E-state index contributed by atoms with van der Waals surface area (Å²) in [6, 6.07) is 4.21. The number of hydrogen-bond acceptors (Lipinski definition) is 4. The van der Waals surface area contributed by atoms with E-state index in [2.05, 4.69) is 0 Å². The van der Waals surface area contributed by atoms with Crippen molar-refractivity contribution in [3.8, 4) is 11.5 Å². The first kappa shape index (κ1) is 10.9. The van der Waals surface area contributed by atoms with Crippen LogP contribution in [0.4, 0.5) is 0 Å². The summed E-state index contributed by atoms with van der Waals surface area (Å²) in [6.45, 7) is 0. The molecule has 0 unspecified atom stereocenters. The number of aliphatic hydroxyl groups is 1. The molecule has 1 rings (SSSR count). The lowest BCUT2D eigenvalue weighted by atomic mass is 10.2. The monoisotopic (exact) mass is 210 g/mol. The molecule has 0 saturated heterocycles. The summed E-state index contributed by atoms with van der Waals surface area (Å²) in [5.41, 5.74) is 0.421. The minimum absolute atomic E-state index is 0.0514. The standard InChI is InChI=1S/C10H10O5/c1-15-9-5-6(2-3-7(9)11)4-8(12)10(13)14/h2-5,11-12H,1H3,(H,13,14)/b8-4-. The molecule has 0 bridgehead atoms. The topological polar surface area (TPSA) is 87.0 Å². The first-order valence-corrected chi connectivity index (χ1v) is 4.05. The highest BCUT2D eigenvalue weighted by Crippen LogP contribution is 2.26. The van der Waals surface area contributed by atoms with Gasteiger partial charge in [-0.15, -0.1) is 0 Å². The highest BCUT2D eigenvalue weighted by Gasteiger charge is 2.05. The van der Waals surface area contributed by atoms with Crippen LogP contribution in [0.5, 0.6) is 11.5 Å². The number of aliphatic carboxylic acids is 1. The smallest absolute Gasteiger partial charge is 0.370 e. The second kappa shape index (κ2) is 4.36. The minimum atomic E-state index is -1.41. The molecule has 0 aromatic heterocycles. The molecule has 0 atom stereocenters. The summed E-state index contributed by atoms with van der Waals surface area (Å²) in [5.74, 6) is -2.03. The lowest BCUT2D eigenvalue weighted by Crippen LogP contribution is -1.98. The average molecular weight is 210 g/mol. The first-order valence-electron chi connectivity index (χ1n) is 4.05. The van der Waals surface area contributed by atoms with Gasteiger partial charge in [0.15, 0.2) is 11.5 Å². The highest BCUT2D eigenvalue weighted by atomic mass is 16.5. The van der Waals surface area contributed by atoms with E-state index < -0.39 is 11.7 Å². The van der Waals surface area contributed by atoms with E-state index in [1.807, 2.05) is 0 Å². The quantitative estimate of drug-likeness (QED) is 0.518. The number of phenols is 1. The van der Waals surface area contributed by atoms with E-state index in [0.717, 1.165) is 6.08 Å². The Labute approximate surface area is 85.9 Å². The van der Waals surface area contributed by atoms with Crippen molar-refractivity contribution in [2.75, 3.05) is 7.11 Å². The van der Waals surface area contributed by atoms with Crippen molar-refractivity contribution in [2.45, 2.75) is 0 Å². The number of aliphatic hydroxyl groups excluding tert-OH is 1. The number of carbonyl (C=O) groups is 1. The Morgan fingerprint density at radius 2 is 2.07 bits per heavy atom. The van der Waals surface area contributed by atoms with Gasteiger partial charge in [0.05, 0.1) is 7.11 Å². The van der Waals surface area contributed by atoms with Crippen LogP contribution >= 0.6 is 0 Å². The number of carboxylic acids is 1. The van der Waals surface area contributed by atoms with Crippen molar-refractivity contribution >= 4 is 12.0 Å². The Kier molecular flexibility index (Phi) is 3.17. The summed E-state index contributed by atoms with van der Waals surface area (Å²) in [7, 11) is 1.37. The van der Waals surface area contributed by atoms with Crippen LogP contribution < -0.4 is 4.74 Å². The van der Waals surface area contributed by atoms with E-state index in [1.165, 1.54) is 25.3 Å². The van der Waals surface area contributed by atoms with Crippen LogP contribution in [-0.4, -0.2) is 28.4 Å². The van der Waals surface area contributed by atoms with Gasteiger partial charge in [-0.1, -0.05) is 6.07 Å². The predicted molar refractivity (Wildman–Crippen MR) is 52.9 cm³/mol. The maximum absolute atomic E-state index is 10.3. The van der Waals surface area contributed by atoms with Gasteiger partial charge >= 0.3 is 5.97 Å². The molecular formula is C10H10O5. The summed E-state index contributed by atoms with van der Waals surface area (Å²) in [6.07, 6.45) is 1.06. The number of methoxy groups -OCH3 is 1. The molecule has 0 spiro atoms. The number of benzene rings is 1. The molecule has 80 valence electrons. The SMILES string of the molecule is COc1cc(/C=C(\O)C(=O)O)ccc1O. The Morgan fingerprint density at radius 3 is 2.60 bits per heavy atom. The molecule has 5 nitrogen and oxygen atoms in total. The van der Waals surface area contributed by atoms with Crippen LogP contribution in [0.3, 0.4) is 0 Å². The Balaban J connectivity index is 3.07. The summed E-state index contributed by atoms with van der Waals surface area (Å²) in [4.78, 5) is 10.3. The van der Waals surface area contributed by atoms with Gasteiger partial charge in [-0.3, -0.25) is 0 Å². The second-order valence-electron chi connectivity index (χ2n) is 2.77. The van der Waals surface area contributed by atoms with E-state index in [1.54, 1.807) is 0 Å². The molecule has 0 amide bonds. The predicted octanol–water partition coefficient (Wildman–Crippen LogP) is 1.38. The molecule has 0 heterocycles. The first-order chi connectivity index (χ1) is 7.04. The van der Waals surface area contributed by atoms with E-state index in [4.69, 9.17) is 14.9 Å². The molecule has 0 aliphatic rings. The molecule has 0 saturated carbocycles. The normalized spacial score (nSPS) is 11.1. The molecule has 0 aliphatic heterocycles. The van der Waals surface area contributed by atoms with Crippen LogP contribution in [0.1, 0.15) is 5.56 Å². The van der Waals surface area contributed by atoms with Crippen LogP contribution in [0.25, 0.3) is 6.08 Å². The third kappa shape index (κ3) is 2.63. The fourth-order valence-corrected chi connectivity index (χ4v) is 1.00. The van der Waals surface area contributed by atoms with Gasteiger partial charge in [-0.25, -0.2) is 4.79 Å². The molecule has 0 fully saturated rings. The van der Waals surface area contributed by atoms with Crippen LogP contribution in [-0.2, 0) is 4.79 Å². The molecule has 3 N–H and O–H groups in total. The van der Waals surface area contributed by atoms with Crippen LogP contribution in [0, 0.1) is 0 Å². The number of aromatic hydroxyl groups is 1. The maximum atomic E-state index is 10.3. The van der Waals surface area contributed by atoms with E-state index in [0.29, 0.717) is 5.56 Å². The van der Waals surface area contributed by atoms with Crippen molar-refractivity contribution in [2.24, 2.45) is 0 Å². The van der Waals surface area contributed by atoms with Gasteiger partial charge in [-0.05, 0) is 23.8 Å². The van der Waals surface area contributed by atoms with Gasteiger partial charge in [0.1, 0.15) is 0 Å². The maximum Gasteiger partial charge on any atom is 0.370 e. The summed E-state index contributed by atoms with van der Waals surface area (Å²) >= 11 is 0. The average Bonchev–Trinajstić information content (AvgIpc) is 2.20. The zero-order chi connectivity index (χ0) is 11.4. The number of rotatable bonds is 3. The Hall–Kier alpha value is -2.17. The Bertz CT molecular complexity index is 408. The third-order valence-electron chi connectivity index (χ3n) is 1.73. The van der Waals surface area contributed by atoms with Crippen molar-refractivity contribution in [3.05, 3.63) is 29.5 Å². The molecule has 15 heavy (non-hydrogen) atoms. The fraction of sp³-hybridized carbons (Fsp3) is 0.100. The molecule has 1 aromatic rings. The fourth-order valence-electron chi connectivity index (χ4n) is 1.00. The number of carboxylic acid groups (broad SMARTS) is 1. The van der Waals surface area contributed by atoms with Gasteiger partial charge in [0.25, 0.3) is 0 Å². The van der Waals surface area contributed by atoms with Crippen molar-refractivity contribution in [3.63, 3.8) is 0 Å². The van der Waals surface area contributed by atoms with Gasteiger partial charge in [0.2, 0.25) is 5.76 Å². The largest absolute Gasteiger partial charge is 0.504 e. The molecule has 0 aliphatic carbocycles. The van der Waals surface area contributed by atoms with Gasteiger partial charge in [0, 0.05) is 0 Å². The molecular weight excluding hydrogens is 200 g/mol. The van der Waals surface area contributed by atoms with E-state index in [-0.39, 0.29) is 11.5 Å². The number of phenolic OH excluding ortho intramolecular Hbond substituents is 1. The highest BCUT2D eigenvalue weighted by molar-refractivity contribution is 5.89. The minimum Gasteiger partial charge on any atom is -0.504 e. The number of ether oxygens (including phenoxy) is 1. The van der Waals surface area contributed by atoms with Crippen molar-refractivity contribution in [1.82, 2.24) is 0 Å². The second-order valence-corrected chi connectivity index (χ2v) is 2.77. The summed E-state index contributed by atoms with van der Waals surface area (Å²) in [5, 5.41) is 26.7. The lowest BCUT2D eigenvalue weighted by Gasteiger charge is -2.03. The van der Waals surface area contributed by atoms with Gasteiger partial charge < -0.3 is 20.1 Å². The Morgan fingerprint density at radius 1 is 1.40 bits per heavy atom.